The van der Waals surface area contributed by atoms with Gasteiger partial charge in [-0.15, -0.1) is 0 Å². The van der Waals surface area contributed by atoms with E-state index in [1.165, 1.54) is 19.3 Å². The molecule has 0 nitrogen and oxygen atoms in total. The van der Waals surface area contributed by atoms with Gasteiger partial charge >= 0.3 is 133 Å². The summed E-state index contributed by atoms with van der Waals surface area (Å²) in [5.41, 5.74) is 4.80. The second-order valence-corrected chi connectivity index (χ2v) is 6.85. The van der Waals surface area contributed by atoms with Crippen LogP contribution in [-0.4, -0.2) is 25.8 Å². The summed E-state index contributed by atoms with van der Waals surface area (Å²) in [6.45, 7) is 16.2. The van der Waals surface area contributed by atoms with E-state index in [0.717, 1.165) is 17.8 Å². The van der Waals surface area contributed by atoms with Crippen molar-refractivity contribution in [2.24, 2.45) is 17.8 Å². The van der Waals surface area contributed by atoms with Crippen molar-refractivity contribution in [3.63, 3.8) is 0 Å². The molecule has 1 aromatic heterocycles. The Kier molecular flexibility index (Phi) is 9.05. The van der Waals surface area contributed by atoms with Crippen LogP contribution in [-0.2, 0) is 19.3 Å². The normalized spacial score (nSPS) is 11.0. The van der Waals surface area contributed by atoms with Crippen LogP contribution in [0.4, 0.5) is 0 Å². The third-order valence-electron chi connectivity index (χ3n) is 3.24. The average Bonchev–Trinajstić information content (AvgIpc) is 2.20. The van der Waals surface area contributed by atoms with Crippen LogP contribution in [0.1, 0.15) is 58.1 Å². The summed E-state index contributed by atoms with van der Waals surface area (Å²) in [7, 11) is 0. The first-order valence-corrected chi connectivity index (χ1v) is 7.49. The van der Waals surface area contributed by atoms with Crippen molar-refractivity contribution in [1.82, 2.24) is 0 Å². The van der Waals surface area contributed by atoms with E-state index in [1.54, 1.807) is 16.6 Å². The SMILES string of the molecule is CC(C)Cc1bccc(CC(C)C)c1CC(C)C.[LiH]. The molecule has 0 fully saturated rings. The molecule has 0 N–H and O–H groups in total. The first-order chi connectivity index (χ1) is 8.40. The first-order valence-electron chi connectivity index (χ1n) is 7.49. The van der Waals surface area contributed by atoms with Crippen LogP contribution in [0.5, 0.6) is 0 Å². The third kappa shape index (κ3) is 6.83. The van der Waals surface area contributed by atoms with Crippen molar-refractivity contribution in [2.45, 2.75) is 60.8 Å². The van der Waals surface area contributed by atoms with Crippen molar-refractivity contribution < 1.29 is 0 Å². The second-order valence-electron chi connectivity index (χ2n) is 6.85. The average molecular weight is 252 g/mol. The Morgan fingerprint density at radius 1 is 0.842 bits per heavy atom. The summed E-state index contributed by atoms with van der Waals surface area (Å²) in [4.78, 5) is 0. The van der Waals surface area contributed by atoms with Crippen LogP contribution in [0.25, 0.3) is 0 Å². The van der Waals surface area contributed by atoms with Gasteiger partial charge in [-0.25, -0.2) is 0 Å². The van der Waals surface area contributed by atoms with Gasteiger partial charge in [0.1, 0.15) is 0 Å². The van der Waals surface area contributed by atoms with Gasteiger partial charge in [0, 0.05) is 0 Å². The molecule has 0 aliphatic rings. The molecule has 1 rings (SSSR count). The molecular formula is C17H30BLi. The van der Waals surface area contributed by atoms with Gasteiger partial charge in [-0.1, -0.05) is 0 Å². The van der Waals surface area contributed by atoms with Crippen molar-refractivity contribution >= 4 is 25.8 Å². The number of rotatable bonds is 6. The molecule has 1 aromatic rings. The fraction of sp³-hybridized carbons (Fsp3) is 0.706. The summed E-state index contributed by atoms with van der Waals surface area (Å²) < 4.78 is 0. The molecule has 0 unspecified atom stereocenters. The third-order valence-corrected chi connectivity index (χ3v) is 3.24. The summed E-state index contributed by atoms with van der Waals surface area (Å²) in [6.07, 6.45) is 3.66. The Bertz CT molecular complexity index is 341. The first kappa shape index (κ1) is 19.0. The van der Waals surface area contributed by atoms with E-state index in [-0.39, 0.29) is 18.9 Å². The summed E-state index contributed by atoms with van der Waals surface area (Å²) >= 11 is 0. The second kappa shape index (κ2) is 9.04. The van der Waals surface area contributed by atoms with Crippen molar-refractivity contribution in [1.29, 1.82) is 0 Å². The Balaban J connectivity index is 0.00000324. The molecule has 0 radical (unpaired) electrons. The zero-order valence-electron chi connectivity index (χ0n) is 13.1. The van der Waals surface area contributed by atoms with Crippen molar-refractivity contribution in [3.8, 4) is 0 Å². The Morgan fingerprint density at radius 2 is 1.37 bits per heavy atom. The van der Waals surface area contributed by atoms with Crippen LogP contribution in [0.15, 0.2) is 12.0 Å². The molecule has 0 amide bonds. The molecule has 0 atom stereocenters. The predicted molar refractivity (Wildman–Crippen MR) is 90.6 cm³/mol. The van der Waals surface area contributed by atoms with Crippen molar-refractivity contribution in [2.75, 3.05) is 0 Å². The quantitative estimate of drug-likeness (QED) is 0.672. The van der Waals surface area contributed by atoms with Crippen molar-refractivity contribution in [3.05, 3.63) is 28.6 Å². The molecule has 0 aromatic carbocycles. The molecule has 0 saturated carbocycles. The van der Waals surface area contributed by atoms with Crippen LogP contribution >= 0.6 is 0 Å². The minimum atomic E-state index is 0. The minimum absolute atomic E-state index is 0. The van der Waals surface area contributed by atoms with Gasteiger partial charge in [-0.3, -0.25) is 0 Å². The molecule has 2 heteroatoms. The van der Waals surface area contributed by atoms with E-state index in [4.69, 9.17) is 0 Å². The maximum atomic E-state index is 2.33. The van der Waals surface area contributed by atoms with Gasteiger partial charge in [0.2, 0.25) is 0 Å². The Hall–Kier alpha value is 0.0123. The predicted octanol–water partition coefficient (Wildman–Crippen LogP) is 3.97. The van der Waals surface area contributed by atoms with E-state index in [0.29, 0.717) is 0 Å². The van der Waals surface area contributed by atoms with Gasteiger partial charge < -0.3 is 0 Å². The Morgan fingerprint density at radius 3 is 1.84 bits per heavy atom. The molecule has 0 aliphatic carbocycles. The topological polar surface area (TPSA) is 0 Å². The summed E-state index contributed by atoms with van der Waals surface area (Å²) in [5.74, 6) is 4.47. The number of hydrogen-bond donors (Lipinski definition) is 0. The standard InChI is InChI=1S/C17H29B.Li.H/c1-12(2)9-15-7-8-18-17(11-14(5)6)16(15)10-13(3)4;;/h7-8,12-14H,9-11H2,1-6H3;;. The molecular weight excluding hydrogens is 222 g/mol. The Labute approximate surface area is 133 Å². The molecule has 0 aliphatic heterocycles. The van der Waals surface area contributed by atoms with E-state index in [1.807, 2.05) is 0 Å². The summed E-state index contributed by atoms with van der Waals surface area (Å²) in [6, 6.07) is 2.33. The van der Waals surface area contributed by atoms with Crippen LogP contribution < -0.4 is 0 Å². The van der Waals surface area contributed by atoms with E-state index < -0.39 is 0 Å². The molecule has 102 valence electrons. The van der Waals surface area contributed by atoms with E-state index in [9.17, 15) is 0 Å². The van der Waals surface area contributed by atoms with E-state index in [2.05, 4.69) is 60.5 Å². The zero-order valence-corrected chi connectivity index (χ0v) is 13.1. The zero-order chi connectivity index (χ0) is 13.7. The molecule has 0 saturated heterocycles. The molecule has 19 heavy (non-hydrogen) atoms. The number of hydrogen-bond acceptors (Lipinski definition) is 0. The van der Waals surface area contributed by atoms with Gasteiger partial charge in [0.25, 0.3) is 0 Å². The maximum absolute atomic E-state index is 2.33. The molecule has 1 heterocycles. The van der Waals surface area contributed by atoms with E-state index >= 15 is 0 Å². The fourth-order valence-corrected chi connectivity index (χ4v) is 2.62. The molecule has 0 spiro atoms. The summed E-state index contributed by atoms with van der Waals surface area (Å²) in [5, 5.41) is 0. The fourth-order valence-electron chi connectivity index (χ4n) is 2.62. The van der Waals surface area contributed by atoms with Gasteiger partial charge in [0.15, 0.2) is 0 Å². The van der Waals surface area contributed by atoms with Gasteiger partial charge in [-0.05, 0) is 0 Å². The monoisotopic (exact) mass is 252 g/mol. The van der Waals surface area contributed by atoms with Crippen LogP contribution in [0, 0.1) is 17.8 Å². The van der Waals surface area contributed by atoms with Gasteiger partial charge in [0.05, 0.1) is 0 Å². The van der Waals surface area contributed by atoms with Gasteiger partial charge in [-0.2, -0.15) is 0 Å². The van der Waals surface area contributed by atoms with Crippen LogP contribution in [0.2, 0.25) is 0 Å². The molecule has 0 bridgehead atoms. The van der Waals surface area contributed by atoms with Crippen LogP contribution in [0.3, 0.4) is 0 Å².